The van der Waals surface area contributed by atoms with Crippen molar-refractivity contribution in [2.75, 3.05) is 6.54 Å². The first-order valence-corrected chi connectivity index (χ1v) is 5.56. The highest BCUT2D eigenvalue weighted by atomic mass is 16.3. The normalized spacial score (nSPS) is 10.3. The molecule has 0 radical (unpaired) electrons. The maximum Gasteiger partial charge on any atom is 0.269 e. The zero-order valence-electron chi connectivity index (χ0n) is 10.00. The van der Waals surface area contributed by atoms with E-state index in [0.717, 1.165) is 5.82 Å². The van der Waals surface area contributed by atoms with Crippen LogP contribution in [0.4, 0.5) is 0 Å². The average Bonchev–Trinajstić information content (AvgIpc) is 2.76. The molecule has 0 aromatic carbocycles. The van der Waals surface area contributed by atoms with Gasteiger partial charge in [-0.2, -0.15) is 0 Å². The van der Waals surface area contributed by atoms with Gasteiger partial charge in [0.25, 0.3) is 5.91 Å². The summed E-state index contributed by atoms with van der Waals surface area (Å²) < 4.78 is 1.91. The lowest BCUT2D eigenvalue weighted by molar-refractivity contribution is 0.0949. The Morgan fingerprint density at radius 2 is 2.28 bits per heavy atom. The van der Waals surface area contributed by atoms with Gasteiger partial charge in [0.1, 0.15) is 17.3 Å². The van der Waals surface area contributed by atoms with Gasteiger partial charge in [-0.25, -0.2) is 9.97 Å². The van der Waals surface area contributed by atoms with Gasteiger partial charge in [0.05, 0.1) is 6.20 Å². The van der Waals surface area contributed by atoms with Gasteiger partial charge in [0, 0.05) is 32.4 Å². The van der Waals surface area contributed by atoms with Gasteiger partial charge >= 0.3 is 0 Å². The molecule has 0 aliphatic heterocycles. The number of aromatic nitrogens is 3. The first-order valence-electron chi connectivity index (χ1n) is 5.56. The van der Waals surface area contributed by atoms with E-state index in [9.17, 15) is 4.79 Å². The van der Waals surface area contributed by atoms with Crippen molar-refractivity contribution < 1.29 is 9.90 Å². The summed E-state index contributed by atoms with van der Waals surface area (Å²) in [7, 11) is 1.91. The van der Waals surface area contributed by atoms with E-state index in [4.69, 9.17) is 5.11 Å². The molecule has 0 saturated carbocycles. The molecule has 2 aromatic heterocycles. The maximum atomic E-state index is 11.7. The minimum atomic E-state index is -0.260. The van der Waals surface area contributed by atoms with Crippen molar-refractivity contribution in [3.05, 3.63) is 42.2 Å². The summed E-state index contributed by atoms with van der Waals surface area (Å²) in [5.74, 6) is 0.692. The van der Waals surface area contributed by atoms with E-state index in [2.05, 4.69) is 15.3 Å². The quantitative estimate of drug-likeness (QED) is 0.823. The highest BCUT2D eigenvalue weighted by Crippen LogP contribution is 2.05. The molecule has 1 amide bonds. The molecule has 0 fully saturated rings. The number of rotatable bonds is 4. The van der Waals surface area contributed by atoms with Crippen molar-refractivity contribution in [3.8, 4) is 5.75 Å². The van der Waals surface area contributed by atoms with Crippen LogP contribution in [0, 0.1) is 0 Å². The van der Waals surface area contributed by atoms with E-state index in [1.165, 1.54) is 18.3 Å². The first-order chi connectivity index (χ1) is 8.66. The molecule has 6 nitrogen and oxygen atoms in total. The molecule has 2 aromatic rings. The van der Waals surface area contributed by atoms with Crippen LogP contribution in [0.2, 0.25) is 0 Å². The third-order valence-electron chi connectivity index (χ3n) is 2.54. The Kier molecular flexibility index (Phi) is 3.57. The SMILES string of the molecule is Cn1ccnc1CCNC(=O)c1ccc(O)cn1. The average molecular weight is 246 g/mol. The Hall–Kier alpha value is -2.37. The Labute approximate surface area is 104 Å². The van der Waals surface area contributed by atoms with E-state index in [1.54, 1.807) is 6.20 Å². The molecule has 0 aliphatic carbocycles. The fourth-order valence-electron chi connectivity index (χ4n) is 1.54. The number of aryl methyl sites for hydroxylation is 1. The molecule has 94 valence electrons. The third-order valence-corrected chi connectivity index (χ3v) is 2.54. The van der Waals surface area contributed by atoms with Crippen LogP contribution < -0.4 is 5.32 Å². The minimum absolute atomic E-state index is 0.0413. The predicted molar refractivity (Wildman–Crippen MR) is 65.1 cm³/mol. The second-order valence-corrected chi connectivity index (χ2v) is 3.86. The van der Waals surface area contributed by atoms with Crippen molar-refractivity contribution >= 4 is 5.91 Å². The number of nitrogens with one attached hydrogen (secondary N) is 1. The molecule has 2 N–H and O–H groups in total. The van der Waals surface area contributed by atoms with Crippen molar-refractivity contribution in [3.63, 3.8) is 0 Å². The largest absolute Gasteiger partial charge is 0.506 e. The summed E-state index contributed by atoms with van der Waals surface area (Å²) in [6.07, 6.45) is 5.48. The first kappa shape index (κ1) is 12.1. The van der Waals surface area contributed by atoms with Crippen LogP contribution in [0.25, 0.3) is 0 Å². The minimum Gasteiger partial charge on any atom is -0.506 e. The van der Waals surface area contributed by atoms with Crippen LogP contribution in [0.5, 0.6) is 5.75 Å². The number of nitrogens with zero attached hydrogens (tertiary/aromatic N) is 3. The molecule has 0 spiro atoms. The van der Waals surface area contributed by atoms with Gasteiger partial charge < -0.3 is 15.0 Å². The molecule has 0 aliphatic rings. The number of imidazole rings is 1. The van der Waals surface area contributed by atoms with Crippen LogP contribution in [0.1, 0.15) is 16.3 Å². The Bertz CT molecular complexity index is 533. The van der Waals surface area contributed by atoms with Crippen molar-refractivity contribution in [2.45, 2.75) is 6.42 Å². The molecule has 0 unspecified atom stereocenters. The molecule has 2 rings (SSSR count). The second kappa shape index (κ2) is 5.31. The predicted octanol–water partition coefficient (Wildman–Crippen LogP) is 0.493. The van der Waals surface area contributed by atoms with Crippen molar-refractivity contribution in [1.29, 1.82) is 0 Å². The smallest absolute Gasteiger partial charge is 0.269 e. The van der Waals surface area contributed by atoms with Gasteiger partial charge in [-0.05, 0) is 12.1 Å². The topological polar surface area (TPSA) is 80.0 Å². The van der Waals surface area contributed by atoms with E-state index in [-0.39, 0.29) is 17.4 Å². The molecule has 0 atom stereocenters. The molecular formula is C12H14N4O2. The van der Waals surface area contributed by atoms with Crippen LogP contribution >= 0.6 is 0 Å². The lowest BCUT2D eigenvalue weighted by Gasteiger charge is -2.04. The van der Waals surface area contributed by atoms with Crippen LogP contribution in [-0.4, -0.2) is 32.1 Å². The number of hydrogen-bond acceptors (Lipinski definition) is 4. The van der Waals surface area contributed by atoms with E-state index in [1.807, 2.05) is 17.8 Å². The fourth-order valence-corrected chi connectivity index (χ4v) is 1.54. The van der Waals surface area contributed by atoms with E-state index >= 15 is 0 Å². The summed E-state index contributed by atoms with van der Waals surface area (Å²) >= 11 is 0. The van der Waals surface area contributed by atoms with Gasteiger partial charge in [0.15, 0.2) is 0 Å². The Morgan fingerprint density at radius 1 is 1.44 bits per heavy atom. The number of carbonyl (C=O) groups is 1. The zero-order chi connectivity index (χ0) is 13.0. The molecule has 0 saturated heterocycles. The van der Waals surface area contributed by atoms with Gasteiger partial charge in [-0.3, -0.25) is 4.79 Å². The summed E-state index contributed by atoms with van der Waals surface area (Å²) in [6, 6.07) is 2.91. The molecule has 18 heavy (non-hydrogen) atoms. The lowest BCUT2D eigenvalue weighted by atomic mass is 10.3. The highest BCUT2D eigenvalue weighted by Gasteiger charge is 2.07. The Morgan fingerprint density at radius 3 is 2.89 bits per heavy atom. The summed E-state index contributed by atoms with van der Waals surface area (Å²) in [5.41, 5.74) is 0.285. The van der Waals surface area contributed by atoms with Gasteiger partial charge in [-0.1, -0.05) is 0 Å². The number of pyridine rings is 1. The summed E-state index contributed by atoms with van der Waals surface area (Å²) in [6.45, 7) is 0.492. The van der Waals surface area contributed by atoms with Crippen LogP contribution in [-0.2, 0) is 13.5 Å². The van der Waals surface area contributed by atoms with Gasteiger partial charge in [0.2, 0.25) is 0 Å². The van der Waals surface area contributed by atoms with Crippen LogP contribution in [0.15, 0.2) is 30.7 Å². The standard InChI is InChI=1S/C12H14N4O2/c1-16-7-6-13-11(16)4-5-14-12(18)10-3-2-9(17)8-15-10/h2-3,6-8,17H,4-5H2,1H3,(H,14,18). The number of carbonyl (C=O) groups excluding carboxylic acids is 1. The molecule has 0 bridgehead atoms. The number of aromatic hydroxyl groups is 1. The Balaban J connectivity index is 1.85. The van der Waals surface area contributed by atoms with Crippen molar-refractivity contribution in [1.82, 2.24) is 19.9 Å². The van der Waals surface area contributed by atoms with Crippen molar-refractivity contribution in [2.24, 2.45) is 7.05 Å². The molecule has 6 heteroatoms. The molecular weight excluding hydrogens is 232 g/mol. The summed E-state index contributed by atoms with van der Waals surface area (Å²) in [5, 5.41) is 11.8. The number of amides is 1. The highest BCUT2D eigenvalue weighted by molar-refractivity contribution is 5.92. The zero-order valence-corrected chi connectivity index (χ0v) is 10.00. The maximum absolute atomic E-state index is 11.7. The monoisotopic (exact) mass is 246 g/mol. The fraction of sp³-hybridized carbons (Fsp3) is 0.250. The van der Waals surface area contributed by atoms with Crippen LogP contribution in [0.3, 0.4) is 0 Å². The van der Waals surface area contributed by atoms with E-state index < -0.39 is 0 Å². The molecule has 2 heterocycles. The lowest BCUT2D eigenvalue weighted by Crippen LogP contribution is -2.27. The third kappa shape index (κ3) is 2.85. The number of hydrogen-bond donors (Lipinski definition) is 2. The van der Waals surface area contributed by atoms with E-state index in [0.29, 0.717) is 13.0 Å². The second-order valence-electron chi connectivity index (χ2n) is 3.86. The van der Waals surface area contributed by atoms with Gasteiger partial charge in [-0.15, -0.1) is 0 Å². The summed E-state index contributed by atoms with van der Waals surface area (Å²) in [4.78, 5) is 19.7.